The third-order valence-electron chi connectivity index (χ3n) is 9.90. The van der Waals surface area contributed by atoms with E-state index in [2.05, 4.69) is 106 Å². The molecule has 0 radical (unpaired) electrons. The third kappa shape index (κ3) is 4.75. The van der Waals surface area contributed by atoms with Crippen molar-refractivity contribution in [3.63, 3.8) is 0 Å². The largest absolute Gasteiger partial charge is 0.310 e. The Bertz CT molecular complexity index is 2860. The van der Waals surface area contributed by atoms with E-state index in [0.717, 1.165) is 78.5 Å². The van der Waals surface area contributed by atoms with E-state index >= 15 is 0 Å². The summed E-state index contributed by atoms with van der Waals surface area (Å²) in [7, 11) is 0. The fourth-order valence-corrected chi connectivity index (χ4v) is 7.58. The van der Waals surface area contributed by atoms with Crippen molar-refractivity contribution < 1.29 is 0 Å². The van der Waals surface area contributed by atoms with Gasteiger partial charge in [0.05, 0.1) is 62.8 Å². The van der Waals surface area contributed by atoms with Crippen molar-refractivity contribution in [1.29, 1.82) is 15.8 Å². The van der Waals surface area contributed by atoms with Crippen LogP contribution < -0.4 is 0 Å². The van der Waals surface area contributed by atoms with Crippen LogP contribution in [-0.2, 0) is 6.42 Å². The highest BCUT2D eigenvalue weighted by Crippen LogP contribution is 2.39. The fourth-order valence-electron chi connectivity index (χ4n) is 7.58. The molecule has 0 unspecified atom stereocenters. The SMILES string of the molecule is N#Cc1ccc(-n2c3ccccc3c3ccccc32)c(-c2ccc(-c3ccc(-n4c5c(c6cc(C#N)ccc64)CC=CC=C5)cc3)cc2C#N)c1. The second-order valence-electron chi connectivity index (χ2n) is 12.7. The maximum Gasteiger partial charge on any atom is 0.0998 e. The molecule has 2 heterocycles. The van der Waals surface area contributed by atoms with E-state index in [4.69, 9.17) is 0 Å². The molecule has 0 fully saturated rings. The summed E-state index contributed by atoms with van der Waals surface area (Å²) >= 11 is 0. The normalized spacial score (nSPS) is 12.0. The van der Waals surface area contributed by atoms with Crippen LogP contribution in [0.15, 0.2) is 146 Å². The van der Waals surface area contributed by atoms with Crippen molar-refractivity contribution in [3.05, 3.63) is 174 Å². The van der Waals surface area contributed by atoms with Crippen molar-refractivity contribution in [2.75, 3.05) is 0 Å². The second kappa shape index (κ2) is 11.9. The molecule has 51 heavy (non-hydrogen) atoms. The summed E-state index contributed by atoms with van der Waals surface area (Å²) in [5, 5.41) is 33.4. The first-order chi connectivity index (χ1) is 25.2. The number of allylic oxidation sites excluding steroid dienone is 3. The van der Waals surface area contributed by atoms with Crippen LogP contribution in [-0.4, -0.2) is 9.13 Å². The van der Waals surface area contributed by atoms with E-state index in [-0.39, 0.29) is 0 Å². The Labute approximate surface area is 294 Å². The first-order valence-corrected chi connectivity index (χ1v) is 16.8. The molecule has 0 amide bonds. The van der Waals surface area contributed by atoms with Gasteiger partial charge in [-0.1, -0.05) is 78.9 Å². The zero-order chi connectivity index (χ0) is 34.5. The highest BCUT2D eigenvalue weighted by molar-refractivity contribution is 6.09. The van der Waals surface area contributed by atoms with Gasteiger partial charge in [0.2, 0.25) is 0 Å². The highest BCUT2D eigenvalue weighted by Gasteiger charge is 2.20. The Kier molecular flexibility index (Phi) is 6.96. The molecule has 0 saturated heterocycles. The number of aromatic nitrogens is 2. The number of hydrogen-bond donors (Lipinski definition) is 0. The first-order valence-electron chi connectivity index (χ1n) is 16.8. The molecule has 1 aliphatic carbocycles. The third-order valence-corrected chi connectivity index (χ3v) is 9.90. The number of hydrogen-bond acceptors (Lipinski definition) is 3. The van der Waals surface area contributed by atoms with Gasteiger partial charge in [0.25, 0.3) is 0 Å². The summed E-state index contributed by atoms with van der Waals surface area (Å²) in [6.07, 6.45) is 9.19. The molecule has 0 spiro atoms. The van der Waals surface area contributed by atoms with Crippen LogP contribution in [0.1, 0.15) is 27.9 Å². The molecule has 236 valence electrons. The molecule has 5 nitrogen and oxygen atoms in total. The molecular formula is C46H27N5. The minimum atomic E-state index is 0.529. The van der Waals surface area contributed by atoms with Crippen LogP contribution >= 0.6 is 0 Å². The Balaban J connectivity index is 1.15. The van der Waals surface area contributed by atoms with E-state index < -0.39 is 0 Å². The van der Waals surface area contributed by atoms with Gasteiger partial charge in [0, 0.05) is 33.0 Å². The number of rotatable bonds is 4. The summed E-state index contributed by atoms with van der Waals surface area (Å²) in [6.45, 7) is 0. The van der Waals surface area contributed by atoms with Crippen LogP contribution in [0.25, 0.3) is 72.4 Å². The Morgan fingerprint density at radius 2 is 1.18 bits per heavy atom. The van der Waals surface area contributed by atoms with E-state index in [1.165, 1.54) is 5.56 Å². The predicted molar refractivity (Wildman–Crippen MR) is 205 cm³/mol. The average molecular weight is 650 g/mol. The minimum Gasteiger partial charge on any atom is -0.310 e. The van der Waals surface area contributed by atoms with Gasteiger partial charge in [-0.2, -0.15) is 15.8 Å². The average Bonchev–Trinajstić information content (AvgIpc) is 3.56. The van der Waals surface area contributed by atoms with Gasteiger partial charge < -0.3 is 9.13 Å². The molecule has 9 rings (SSSR count). The van der Waals surface area contributed by atoms with Crippen LogP contribution in [0.2, 0.25) is 0 Å². The number of benzene rings is 6. The zero-order valence-corrected chi connectivity index (χ0v) is 27.4. The summed E-state index contributed by atoms with van der Waals surface area (Å²) < 4.78 is 4.48. The molecule has 0 bridgehead atoms. The lowest BCUT2D eigenvalue weighted by Crippen LogP contribution is -1.99. The number of nitrogens with zero attached hydrogens (tertiary/aromatic N) is 5. The summed E-state index contributed by atoms with van der Waals surface area (Å²) in [5.41, 5.74) is 12.6. The van der Waals surface area contributed by atoms with E-state index in [0.29, 0.717) is 16.7 Å². The molecule has 0 atom stereocenters. The van der Waals surface area contributed by atoms with Gasteiger partial charge in [0.1, 0.15) is 0 Å². The van der Waals surface area contributed by atoms with Gasteiger partial charge >= 0.3 is 0 Å². The van der Waals surface area contributed by atoms with Crippen LogP contribution in [0.4, 0.5) is 0 Å². The van der Waals surface area contributed by atoms with Gasteiger partial charge in [-0.3, -0.25) is 0 Å². The van der Waals surface area contributed by atoms with Gasteiger partial charge in [-0.15, -0.1) is 0 Å². The van der Waals surface area contributed by atoms with Crippen molar-refractivity contribution in [3.8, 4) is 51.8 Å². The van der Waals surface area contributed by atoms with Crippen LogP contribution in [0.5, 0.6) is 0 Å². The lowest BCUT2D eigenvalue weighted by Gasteiger charge is -2.16. The lowest BCUT2D eigenvalue weighted by atomic mass is 9.93. The van der Waals surface area contributed by atoms with Crippen molar-refractivity contribution in [2.24, 2.45) is 0 Å². The van der Waals surface area contributed by atoms with Crippen molar-refractivity contribution in [2.45, 2.75) is 6.42 Å². The van der Waals surface area contributed by atoms with Gasteiger partial charge in [0.15, 0.2) is 0 Å². The number of nitriles is 3. The van der Waals surface area contributed by atoms with Crippen molar-refractivity contribution in [1.82, 2.24) is 9.13 Å². The smallest absolute Gasteiger partial charge is 0.0998 e. The highest BCUT2D eigenvalue weighted by atomic mass is 15.0. The lowest BCUT2D eigenvalue weighted by molar-refractivity contribution is 1.09. The molecule has 2 aromatic heterocycles. The molecule has 0 aliphatic heterocycles. The minimum absolute atomic E-state index is 0.529. The Hall–Kier alpha value is -7.39. The van der Waals surface area contributed by atoms with Crippen LogP contribution in [0, 0.1) is 34.0 Å². The van der Waals surface area contributed by atoms with Gasteiger partial charge in [-0.05, 0) is 95.9 Å². The van der Waals surface area contributed by atoms with E-state index in [9.17, 15) is 15.8 Å². The summed E-state index contributed by atoms with van der Waals surface area (Å²) in [5.74, 6) is 0. The molecule has 1 aliphatic rings. The number of para-hydroxylation sites is 2. The predicted octanol–water partition coefficient (Wildman–Crippen LogP) is 10.8. The molecule has 0 saturated carbocycles. The van der Waals surface area contributed by atoms with E-state index in [1.54, 1.807) is 0 Å². The van der Waals surface area contributed by atoms with Crippen molar-refractivity contribution >= 4 is 38.8 Å². The topological polar surface area (TPSA) is 81.2 Å². The quantitative estimate of drug-likeness (QED) is 0.190. The molecule has 5 heteroatoms. The molecule has 8 aromatic rings. The standard InChI is InChI=1S/C46H27N5/c47-27-30-15-23-46(51-43-12-6-4-9-37(43)38-10-5-7-13-44(38)51)40(24-30)36-21-18-33(26-34(36)29-49)32-16-19-35(20-17-32)50-42-11-3-1-2-8-39(42)41-25-31(28-48)14-22-45(41)50/h1-7,9-26H,8H2. The zero-order valence-electron chi connectivity index (χ0n) is 27.4. The van der Waals surface area contributed by atoms with E-state index in [1.807, 2.05) is 72.8 Å². The fraction of sp³-hybridized carbons (Fsp3) is 0.0217. The molecule has 6 aromatic carbocycles. The van der Waals surface area contributed by atoms with Gasteiger partial charge in [-0.25, -0.2) is 0 Å². The maximum absolute atomic E-state index is 10.5. The summed E-state index contributed by atoms with van der Waals surface area (Å²) in [4.78, 5) is 0. The second-order valence-corrected chi connectivity index (χ2v) is 12.7. The number of fused-ring (bicyclic) bond motifs is 6. The van der Waals surface area contributed by atoms with Crippen LogP contribution in [0.3, 0.4) is 0 Å². The monoisotopic (exact) mass is 649 g/mol. The first kappa shape index (κ1) is 29.7. The molecule has 0 N–H and O–H groups in total. The summed E-state index contributed by atoms with van der Waals surface area (Å²) in [6, 6.07) is 49.7. The molecular weight excluding hydrogens is 623 g/mol. The Morgan fingerprint density at radius 3 is 1.90 bits per heavy atom. The Morgan fingerprint density at radius 1 is 0.510 bits per heavy atom. The maximum atomic E-state index is 10.5.